The first-order valence-corrected chi connectivity index (χ1v) is 6.11. The number of hydrogen-bond acceptors (Lipinski definition) is 3. The maximum Gasteiger partial charge on any atom is 0.324 e. The van der Waals surface area contributed by atoms with Gasteiger partial charge in [-0.15, -0.1) is 6.58 Å². The average molecular weight is 265 g/mol. The second kappa shape index (κ2) is 5.97. The van der Waals surface area contributed by atoms with Gasteiger partial charge >= 0.3 is 5.97 Å². The molecule has 0 unspecified atom stereocenters. The summed E-state index contributed by atoms with van der Waals surface area (Å²) in [6.07, 6.45) is 1.57. The number of carbonyl (C=O) groups is 1. The van der Waals surface area contributed by atoms with Crippen molar-refractivity contribution in [3.63, 3.8) is 0 Å². The maximum atomic E-state index is 12.9. The van der Waals surface area contributed by atoms with E-state index in [-0.39, 0.29) is 5.82 Å². The van der Waals surface area contributed by atoms with Gasteiger partial charge in [0.05, 0.1) is 0 Å². The molecule has 0 aliphatic heterocycles. The van der Waals surface area contributed by atoms with Crippen LogP contribution in [0.4, 0.5) is 4.39 Å². The summed E-state index contributed by atoms with van der Waals surface area (Å²) in [6, 6.07) is 4.97. The summed E-state index contributed by atoms with van der Waals surface area (Å²) in [6.45, 7) is 9.01. The van der Waals surface area contributed by atoms with E-state index >= 15 is 0 Å². The minimum Gasteiger partial charge on any atom is -0.459 e. The van der Waals surface area contributed by atoms with Crippen molar-refractivity contribution in [2.75, 3.05) is 0 Å². The highest BCUT2D eigenvalue weighted by Gasteiger charge is 2.28. The summed E-state index contributed by atoms with van der Waals surface area (Å²) in [4.78, 5) is 11.9. The molecule has 0 bridgehead atoms. The molecule has 0 aliphatic carbocycles. The molecule has 0 radical (unpaired) electrons. The van der Waals surface area contributed by atoms with E-state index in [9.17, 15) is 9.18 Å². The topological polar surface area (TPSA) is 52.3 Å². The third-order valence-electron chi connectivity index (χ3n) is 2.57. The van der Waals surface area contributed by atoms with Crippen LogP contribution in [0.1, 0.15) is 32.3 Å². The van der Waals surface area contributed by atoms with Crippen molar-refractivity contribution in [2.24, 2.45) is 5.73 Å². The lowest BCUT2D eigenvalue weighted by Crippen LogP contribution is -2.41. The van der Waals surface area contributed by atoms with E-state index in [4.69, 9.17) is 10.5 Å². The van der Waals surface area contributed by atoms with Crippen molar-refractivity contribution in [1.82, 2.24) is 0 Å². The van der Waals surface area contributed by atoms with E-state index in [1.54, 1.807) is 39.0 Å². The third kappa shape index (κ3) is 4.48. The van der Waals surface area contributed by atoms with E-state index in [1.165, 1.54) is 12.1 Å². The summed E-state index contributed by atoms with van der Waals surface area (Å²) in [5.74, 6) is -1.24. The molecule has 0 saturated heterocycles. The van der Waals surface area contributed by atoms with Crippen molar-refractivity contribution >= 4 is 5.97 Å². The second-order valence-corrected chi connectivity index (χ2v) is 5.37. The van der Waals surface area contributed by atoms with Gasteiger partial charge in [0.25, 0.3) is 0 Å². The molecule has 0 heterocycles. The first kappa shape index (κ1) is 15.4. The molecule has 0 amide bonds. The molecular formula is C15H20FNO2. The van der Waals surface area contributed by atoms with E-state index in [0.717, 1.165) is 5.56 Å². The number of hydrogen-bond donors (Lipinski definition) is 1. The monoisotopic (exact) mass is 265 g/mol. The third-order valence-corrected chi connectivity index (χ3v) is 2.57. The Balaban J connectivity index is 2.88. The first-order valence-electron chi connectivity index (χ1n) is 6.11. The predicted octanol–water partition coefficient (Wildman–Crippen LogP) is 2.76. The highest BCUT2D eigenvalue weighted by atomic mass is 19.1. The van der Waals surface area contributed by atoms with Crippen molar-refractivity contribution < 1.29 is 13.9 Å². The molecule has 0 saturated carbocycles. The smallest absolute Gasteiger partial charge is 0.324 e. The van der Waals surface area contributed by atoms with Gasteiger partial charge in [-0.2, -0.15) is 0 Å². The van der Waals surface area contributed by atoms with Crippen molar-refractivity contribution in [3.05, 3.63) is 48.3 Å². The Kier molecular flexibility index (Phi) is 4.84. The van der Waals surface area contributed by atoms with Gasteiger partial charge in [-0.25, -0.2) is 4.39 Å². The fourth-order valence-corrected chi connectivity index (χ4v) is 1.69. The van der Waals surface area contributed by atoms with Crippen LogP contribution in [0.5, 0.6) is 0 Å². The molecule has 0 fully saturated rings. The Morgan fingerprint density at radius 2 is 1.89 bits per heavy atom. The Hall–Kier alpha value is -1.68. The molecule has 2 N–H and O–H groups in total. The van der Waals surface area contributed by atoms with Gasteiger partial charge in [0.1, 0.15) is 17.5 Å². The Morgan fingerprint density at radius 3 is 2.32 bits per heavy atom. The van der Waals surface area contributed by atoms with E-state index in [1.807, 2.05) is 0 Å². The lowest BCUT2D eigenvalue weighted by molar-refractivity contribution is -0.156. The molecule has 3 nitrogen and oxygen atoms in total. The van der Waals surface area contributed by atoms with Crippen molar-refractivity contribution in [3.8, 4) is 0 Å². The molecule has 0 aromatic heterocycles. The van der Waals surface area contributed by atoms with Crippen molar-refractivity contribution in [1.29, 1.82) is 0 Å². The highest BCUT2D eigenvalue weighted by molar-refractivity contribution is 5.77. The van der Waals surface area contributed by atoms with Gasteiger partial charge in [0.2, 0.25) is 0 Å². The number of esters is 1. The SMILES string of the molecule is C=C[C@H](c1ccc(F)cc1)[C@H](N)C(=O)OC(C)(C)C. The van der Waals surface area contributed by atoms with Gasteiger partial charge in [-0.05, 0) is 38.5 Å². The lowest BCUT2D eigenvalue weighted by Gasteiger charge is -2.25. The first-order chi connectivity index (χ1) is 8.74. The Bertz CT molecular complexity index is 448. The fraction of sp³-hybridized carbons (Fsp3) is 0.400. The van der Waals surface area contributed by atoms with Crippen LogP contribution in [0, 0.1) is 5.82 Å². The standard InChI is InChI=1S/C15H20FNO2/c1-5-12(10-6-8-11(16)9-7-10)13(17)14(18)19-15(2,3)4/h5-9,12-13H,1,17H2,2-4H3/t12-,13+/m1/s1. The van der Waals surface area contributed by atoms with Crippen LogP contribution in [-0.4, -0.2) is 17.6 Å². The van der Waals surface area contributed by atoms with Crippen LogP contribution < -0.4 is 5.73 Å². The molecule has 0 spiro atoms. The summed E-state index contributed by atoms with van der Waals surface area (Å²) in [5.41, 5.74) is 6.05. The van der Waals surface area contributed by atoms with Crippen LogP contribution in [-0.2, 0) is 9.53 Å². The molecule has 2 atom stereocenters. The zero-order chi connectivity index (χ0) is 14.6. The van der Waals surface area contributed by atoms with Gasteiger partial charge < -0.3 is 10.5 Å². The molecule has 104 valence electrons. The zero-order valence-corrected chi connectivity index (χ0v) is 11.5. The predicted molar refractivity (Wildman–Crippen MR) is 73.2 cm³/mol. The van der Waals surface area contributed by atoms with Gasteiger partial charge in [-0.3, -0.25) is 4.79 Å². The summed E-state index contributed by atoms with van der Waals surface area (Å²) >= 11 is 0. The minimum absolute atomic E-state index is 0.336. The van der Waals surface area contributed by atoms with E-state index in [0.29, 0.717) is 0 Å². The summed E-state index contributed by atoms with van der Waals surface area (Å²) < 4.78 is 18.1. The highest BCUT2D eigenvalue weighted by Crippen LogP contribution is 2.22. The van der Waals surface area contributed by atoms with Crippen LogP contribution in [0.3, 0.4) is 0 Å². The quantitative estimate of drug-likeness (QED) is 0.672. The second-order valence-electron chi connectivity index (χ2n) is 5.37. The lowest BCUT2D eigenvalue weighted by atomic mass is 9.92. The normalized spacial score (nSPS) is 14.6. The molecule has 1 aromatic carbocycles. The summed E-state index contributed by atoms with van der Waals surface area (Å²) in [7, 11) is 0. The number of nitrogens with two attached hydrogens (primary N) is 1. The zero-order valence-electron chi connectivity index (χ0n) is 11.5. The van der Waals surface area contributed by atoms with Crippen LogP contribution in [0.2, 0.25) is 0 Å². The molecule has 4 heteroatoms. The minimum atomic E-state index is -0.859. The average Bonchev–Trinajstić information content (AvgIpc) is 2.30. The number of rotatable bonds is 4. The fourth-order valence-electron chi connectivity index (χ4n) is 1.69. The van der Waals surface area contributed by atoms with Gasteiger partial charge in [0, 0.05) is 5.92 Å². The largest absolute Gasteiger partial charge is 0.459 e. The Morgan fingerprint density at radius 1 is 1.37 bits per heavy atom. The maximum absolute atomic E-state index is 12.9. The molecule has 0 aliphatic rings. The number of carbonyl (C=O) groups excluding carboxylic acids is 1. The molecule has 1 rings (SSSR count). The van der Waals surface area contributed by atoms with E-state index in [2.05, 4.69) is 6.58 Å². The van der Waals surface area contributed by atoms with Crippen LogP contribution in [0.15, 0.2) is 36.9 Å². The van der Waals surface area contributed by atoms with Crippen LogP contribution in [0.25, 0.3) is 0 Å². The van der Waals surface area contributed by atoms with Crippen LogP contribution >= 0.6 is 0 Å². The van der Waals surface area contributed by atoms with Crippen molar-refractivity contribution in [2.45, 2.75) is 38.3 Å². The van der Waals surface area contributed by atoms with E-state index < -0.39 is 23.5 Å². The Labute approximate surface area is 113 Å². The van der Waals surface area contributed by atoms with Gasteiger partial charge in [0.15, 0.2) is 0 Å². The number of halogens is 1. The summed E-state index contributed by atoms with van der Waals surface area (Å²) in [5, 5.41) is 0. The molecule has 1 aromatic rings. The van der Waals surface area contributed by atoms with Gasteiger partial charge in [-0.1, -0.05) is 18.2 Å². The number of ether oxygens (including phenoxy) is 1. The molecule has 19 heavy (non-hydrogen) atoms. The number of benzene rings is 1. The molecular weight excluding hydrogens is 245 g/mol.